The molecule has 1 aromatic carbocycles. The summed E-state index contributed by atoms with van der Waals surface area (Å²) < 4.78 is 1.12. The van der Waals surface area contributed by atoms with Crippen LogP contribution >= 0.6 is 11.3 Å². The van der Waals surface area contributed by atoms with Crippen LogP contribution in [0.3, 0.4) is 0 Å². The average molecular weight is 220 g/mol. The van der Waals surface area contributed by atoms with Crippen LogP contribution < -0.4 is 5.73 Å². The maximum atomic E-state index is 10.8. The molecule has 4 heteroatoms. The van der Waals surface area contributed by atoms with Gasteiger partial charge >= 0.3 is 0 Å². The molecule has 3 nitrogen and oxygen atoms in total. The molecule has 15 heavy (non-hydrogen) atoms. The zero-order valence-electron chi connectivity index (χ0n) is 8.70. The SMILES string of the molecule is Cc1cc2nc(CC(N)=O)sc2cc1C. The molecule has 0 unspecified atom stereocenters. The molecule has 2 aromatic rings. The number of fused-ring (bicyclic) bond motifs is 1. The van der Waals surface area contributed by atoms with Gasteiger partial charge in [-0.1, -0.05) is 0 Å². The summed E-state index contributed by atoms with van der Waals surface area (Å²) in [5, 5.41) is 0.794. The summed E-state index contributed by atoms with van der Waals surface area (Å²) in [6.45, 7) is 4.13. The lowest BCUT2D eigenvalue weighted by molar-refractivity contribution is -0.117. The number of carbonyl (C=O) groups is 1. The number of carbonyl (C=O) groups excluding carboxylic acids is 1. The summed E-state index contributed by atoms with van der Waals surface area (Å²) in [7, 11) is 0. The van der Waals surface area contributed by atoms with E-state index in [1.165, 1.54) is 22.5 Å². The van der Waals surface area contributed by atoms with E-state index in [0.29, 0.717) is 0 Å². The number of primary amides is 1. The van der Waals surface area contributed by atoms with Gasteiger partial charge in [0, 0.05) is 0 Å². The molecule has 0 saturated heterocycles. The fourth-order valence-corrected chi connectivity index (χ4v) is 2.51. The largest absolute Gasteiger partial charge is 0.369 e. The second-order valence-electron chi connectivity index (χ2n) is 3.65. The summed E-state index contributed by atoms with van der Waals surface area (Å²) in [5.74, 6) is -0.331. The van der Waals surface area contributed by atoms with Crippen LogP contribution in [-0.2, 0) is 11.2 Å². The third-order valence-electron chi connectivity index (χ3n) is 2.37. The Bertz CT molecular complexity index is 492. The van der Waals surface area contributed by atoms with Crippen molar-refractivity contribution in [1.29, 1.82) is 0 Å². The Hall–Kier alpha value is -1.42. The maximum Gasteiger partial charge on any atom is 0.224 e. The van der Waals surface area contributed by atoms with Gasteiger partial charge in [-0.05, 0) is 37.1 Å². The Balaban J connectivity index is 2.51. The number of benzene rings is 1. The van der Waals surface area contributed by atoms with Crippen LogP contribution in [0.2, 0.25) is 0 Å². The van der Waals surface area contributed by atoms with Gasteiger partial charge in [-0.3, -0.25) is 4.79 Å². The Morgan fingerprint density at radius 1 is 1.40 bits per heavy atom. The summed E-state index contributed by atoms with van der Waals surface area (Å²) >= 11 is 1.54. The number of amides is 1. The Kier molecular flexibility index (Phi) is 2.44. The van der Waals surface area contributed by atoms with Gasteiger partial charge in [-0.25, -0.2) is 4.98 Å². The first kappa shape index (κ1) is 10.1. The van der Waals surface area contributed by atoms with E-state index in [1.54, 1.807) is 0 Å². The van der Waals surface area contributed by atoms with E-state index in [9.17, 15) is 4.79 Å². The minimum Gasteiger partial charge on any atom is -0.369 e. The highest BCUT2D eigenvalue weighted by Gasteiger charge is 2.07. The minimum atomic E-state index is -0.331. The number of aryl methyl sites for hydroxylation is 2. The van der Waals surface area contributed by atoms with Crippen molar-refractivity contribution in [1.82, 2.24) is 4.98 Å². The predicted molar refractivity (Wildman–Crippen MR) is 62.0 cm³/mol. The molecular weight excluding hydrogens is 208 g/mol. The monoisotopic (exact) mass is 220 g/mol. The van der Waals surface area contributed by atoms with E-state index in [-0.39, 0.29) is 12.3 Å². The first-order valence-electron chi connectivity index (χ1n) is 4.71. The van der Waals surface area contributed by atoms with Crippen LogP contribution in [0.25, 0.3) is 10.2 Å². The Morgan fingerprint density at radius 2 is 2.07 bits per heavy atom. The number of aromatic nitrogens is 1. The standard InChI is InChI=1S/C11H12N2OS/c1-6-3-8-9(4-7(6)2)15-11(13-8)5-10(12)14/h3-4H,5H2,1-2H3,(H2,12,14). The summed E-state index contributed by atoms with van der Waals surface area (Å²) in [4.78, 5) is 15.1. The smallest absolute Gasteiger partial charge is 0.224 e. The second kappa shape index (κ2) is 3.62. The van der Waals surface area contributed by atoms with E-state index in [2.05, 4.69) is 24.9 Å². The van der Waals surface area contributed by atoms with Crippen molar-refractivity contribution in [3.05, 3.63) is 28.3 Å². The molecule has 0 atom stereocenters. The number of nitrogens with two attached hydrogens (primary N) is 1. The lowest BCUT2D eigenvalue weighted by atomic mass is 10.1. The van der Waals surface area contributed by atoms with Crippen LogP contribution in [-0.4, -0.2) is 10.9 Å². The van der Waals surface area contributed by atoms with Crippen molar-refractivity contribution in [3.63, 3.8) is 0 Å². The highest BCUT2D eigenvalue weighted by Crippen LogP contribution is 2.25. The number of hydrogen-bond donors (Lipinski definition) is 1. The van der Waals surface area contributed by atoms with Gasteiger partial charge in [-0.2, -0.15) is 0 Å². The van der Waals surface area contributed by atoms with Crippen LogP contribution in [0.1, 0.15) is 16.1 Å². The molecule has 0 fully saturated rings. The maximum absolute atomic E-state index is 10.8. The van der Waals surface area contributed by atoms with Gasteiger partial charge in [0.05, 0.1) is 16.6 Å². The normalized spacial score (nSPS) is 10.8. The Morgan fingerprint density at radius 3 is 2.73 bits per heavy atom. The molecular formula is C11H12N2OS. The van der Waals surface area contributed by atoms with Crippen LogP contribution in [0, 0.1) is 13.8 Å². The van der Waals surface area contributed by atoms with Gasteiger partial charge in [0.1, 0.15) is 5.01 Å². The molecule has 1 amide bonds. The average Bonchev–Trinajstić information content (AvgIpc) is 2.46. The topological polar surface area (TPSA) is 56.0 Å². The lowest BCUT2D eigenvalue weighted by Crippen LogP contribution is -2.13. The minimum absolute atomic E-state index is 0.234. The molecule has 2 rings (SSSR count). The molecule has 0 spiro atoms. The third-order valence-corrected chi connectivity index (χ3v) is 3.39. The fourth-order valence-electron chi connectivity index (χ4n) is 1.45. The molecule has 0 aliphatic carbocycles. The van der Waals surface area contributed by atoms with Crippen molar-refractivity contribution >= 4 is 27.5 Å². The molecule has 0 radical (unpaired) electrons. The van der Waals surface area contributed by atoms with Gasteiger partial charge < -0.3 is 5.73 Å². The highest BCUT2D eigenvalue weighted by molar-refractivity contribution is 7.18. The molecule has 1 heterocycles. The van der Waals surface area contributed by atoms with E-state index >= 15 is 0 Å². The second-order valence-corrected chi connectivity index (χ2v) is 4.77. The lowest BCUT2D eigenvalue weighted by Gasteiger charge is -1.96. The van der Waals surface area contributed by atoms with Gasteiger partial charge in [-0.15, -0.1) is 11.3 Å². The predicted octanol–water partition coefficient (Wildman–Crippen LogP) is 1.94. The molecule has 1 aromatic heterocycles. The summed E-state index contributed by atoms with van der Waals surface area (Å²) in [5.41, 5.74) is 8.56. The van der Waals surface area contributed by atoms with Crippen LogP contribution in [0.5, 0.6) is 0 Å². The van der Waals surface area contributed by atoms with Crippen molar-refractivity contribution in [2.24, 2.45) is 5.73 Å². The third kappa shape index (κ3) is 1.99. The van der Waals surface area contributed by atoms with Crippen molar-refractivity contribution in [2.45, 2.75) is 20.3 Å². The molecule has 2 N–H and O–H groups in total. The molecule has 0 bridgehead atoms. The Labute approximate surface area is 91.9 Å². The first-order valence-corrected chi connectivity index (χ1v) is 5.53. The molecule has 0 aliphatic rings. The number of hydrogen-bond acceptors (Lipinski definition) is 3. The van der Waals surface area contributed by atoms with Gasteiger partial charge in [0.15, 0.2) is 0 Å². The molecule has 0 aliphatic heterocycles. The zero-order chi connectivity index (χ0) is 11.0. The fraction of sp³-hybridized carbons (Fsp3) is 0.273. The first-order chi connectivity index (χ1) is 7.06. The van der Waals surface area contributed by atoms with Crippen molar-refractivity contribution < 1.29 is 4.79 Å². The van der Waals surface area contributed by atoms with Crippen molar-refractivity contribution in [2.75, 3.05) is 0 Å². The van der Waals surface area contributed by atoms with E-state index < -0.39 is 0 Å². The van der Waals surface area contributed by atoms with Crippen LogP contribution in [0.15, 0.2) is 12.1 Å². The highest BCUT2D eigenvalue weighted by atomic mass is 32.1. The van der Waals surface area contributed by atoms with E-state index in [4.69, 9.17) is 5.73 Å². The van der Waals surface area contributed by atoms with E-state index in [1.807, 2.05) is 6.07 Å². The van der Waals surface area contributed by atoms with E-state index in [0.717, 1.165) is 15.2 Å². The van der Waals surface area contributed by atoms with Gasteiger partial charge in [0.25, 0.3) is 0 Å². The number of rotatable bonds is 2. The summed E-state index contributed by atoms with van der Waals surface area (Å²) in [6.07, 6.45) is 0.234. The number of thiazole rings is 1. The molecule has 0 saturated carbocycles. The van der Waals surface area contributed by atoms with Crippen molar-refractivity contribution in [3.8, 4) is 0 Å². The van der Waals surface area contributed by atoms with Crippen LogP contribution in [0.4, 0.5) is 0 Å². The quantitative estimate of drug-likeness (QED) is 0.840. The molecule has 78 valence electrons. The zero-order valence-corrected chi connectivity index (χ0v) is 9.52. The number of nitrogens with zero attached hydrogens (tertiary/aromatic N) is 1. The van der Waals surface area contributed by atoms with Gasteiger partial charge in [0.2, 0.25) is 5.91 Å². The summed E-state index contributed by atoms with van der Waals surface area (Å²) in [6, 6.07) is 4.15.